The highest BCUT2D eigenvalue weighted by Gasteiger charge is 2.30. The molecule has 32 heavy (non-hydrogen) atoms. The first-order chi connectivity index (χ1) is 15.1. The third-order valence-corrected chi connectivity index (χ3v) is 4.74. The van der Waals surface area contributed by atoms with E-state index in [0.29, 0.717) is 21.6 Å². The highest BCUT2D eigenvalue weighted by molar-refractivity contribution is 9.10. The van der Waals surface area contributed by atoms with E-state index in [-0.39, 0.29) is 17.9 Å². The zero-order valence-corrected chi connectivity index (χ0v) is 17.6. The van der Waals surface area contributed by atoms with Crippen molar-refractivity contribution in [3.8, 4) is 11.3 Å². The Balaban J connectivity index is 1.55. The Kier molecular flexibility index (Phi) is 6.93. The van der Waals surface area contributed by atoms with E-state index < -0.39 is 22.6 Å². The molecule has 0 bridgehead atoms. The van der Waals surface area contributed by atoms with Gasteiger partial charge < -0.3 is 9.73 Å². The van der Waals surface area contributed by atoms with Crippen molar-refractivity contribution in [3.63, 3.8) is 0 Å². The molecule has 2 N–H and O–H groups in total. The highest BCUT2D eigenvalue weighted by Crippen LogP contribution is 2.32. The van der Waals surface area contributed by atoms with Gasteiger partial charge in [-0.05, 0) is 52.3 Å². The first-order valence-electron chi connectivity index (χ1n) is 8.90. The Bertz CT molecular complexity index is 1180. The number of non-ortho nitro benzene ring substituents is 1. The number of rotatable bonds is 7. The number of anilines is 1. The molecule has 0 spiro atoms. The molecule has 0 aliphatic heterocycles. The first kappa shape index (κ1) is 23.0. The summed E-state index contributed by atoms with van der Waals surface area (Å²) in [5, 5.41) is 17.1. The topological polar surface area (TPSA) is 110 Å². The van der Waals surface area contributed by atoms with Crippen LogP contribution in [0, 0.1) is 10.1 Å². The van der Waals surface area contributed by atoms with Crippen LogP contribution in [0.5, 0.6) is 0 Å². The van der Waals surface area contributed by atoms with Crippen LogP contribution in [-0.2, 0) is 11.0 Å². The molecule has 12 heteroatoms. The van der Waals surface area contributed by atoms with Crippen molar-refractivity contribution < 1.29 is 27.3 Å². The van der Waals surface area contributed by atoms with Crippen LogP contribution < -0.4 is 10.7 Å². The number of furan rings is 1. The van der Waals surface area contributed by atoms with E-state index in [1.54, 1.807) is 12.1 Å². The van der Waals surface area contributed by atoms with Crippen LogP contribution in [0.1, 0.15) is 11.3 Å². The van der Waals surface area contributed by atoms with Crippen LogP contribution in [0.2, 0.25) is 0 Å². The van der Waals surface area contributed by atoms with Crippen LogP contribution >= 0.6 is 15.9 Å². The first-order valence-corrected chi connectivity index (χ1v) is 9.70. The van der Waals surface area contributed by atoms with Gasteiger partial charge in [0.25, 0.3) is 11.6 Å². The van der Waals surface area contributed by atoms with E-state index in [4.69, 9.17) is 4.42 Å². The van der Waals surface area contributed by atoms with Gasteiger partial charge in [-0.1, -0.05) is 6.07 Å². The fourth-order valence-corrected chi connectivity index (χ4v) is 3.14. The summed E-state index contributed by atoms with van der Waals surface area (Å²) in [5.41, 5.74) is 2.06. The van der Waals surface area contributed by atoms with Crippen LogP contribution in [0.3, 0.4) is 0 Å². The lowest BCUT2D eigenvalue weighted by molar-refractivity contribution is -0.384. The van der Waals surface area contributed by atoms with Crippen molar-refractivity contribution in [2.75, 3.05) is 11.9 Å². The average molecular weight is 511 g/mol. The number of nitrogens with zero attached hydrogens (tertiary/aromatic N) is 2. The van der Waals surface area contributed by atoms with Gasteiger partial charge in [0.05, 0.1) is 23.2 Å². The summed E-state index contributed by atoms with van der Waals surface area (Å²) in [7, 11) is 0. The molecule has 8 nitrogen and oxygen atoms in total. The number of alkyl halides is 3. The molecule has 0 saturated heterocycles. The van der Waals surface area contributed by atoms with Crippen molar-refractivity contribution in [3.05, 3.63) is 80.5 Å². The normalized spacial score (nSPS) is 11.5. The summed E-state index contributed by atoms with van der Waals surface area (Å²) < 4.78 is 44.2. The number of nitro benzene ring substituents is 1. The Labute approximate surface area is 187 Å². The van der Waals surface area contributed by atoms with E-state index >= 15 is 0 Å². The molecule has 0 fully saturated rings. The third kappa shape index (κ3) is 5.94. The number of amides is 1. The van der Waals surface area contributed by atoms with Crippen molar-refractivity contribution in [1.29, 1.82) is 0 Å². The summed E-state index contributed by atoms with van der Waals surface area (Å²) in [6, 6.07) is 11.9. The number of nitrogens with one attached hydrogen (secondary N) is 2. The minimum Gasteiger partial charge on any atom is -0.455 e. The van der Waals surface area contributed by atoms with E-state index in [0.717, 1.165) is 12.1 Å². The van der Waals surface area contributed by atoms with Crippen molar-refractivity contribution in [1.82, 2.24) is 5.43 Å². The van der Waals surface area contributed by atoms with Crippen LogP contribution in [0.15, 0.2) is 68.6 Å². The maximum absolute atomic E-state index is 12.7. The molecule has 3 aromatic rings. The molecular weight excluding hydrogens is 497 g/mol. The number of halogens is 4. The minimum atomic E-state index is -4.48. The molecule has 0 saturated carbocycles. The molecule has 1 aromatic heterocycles. The summed E-state index contributed by atoms with van der Waals surface area (Å²) in [6.07, 6.45) is -3.23. The summed E-state index contributed by atoms with van der Waals surface area (Å²) >= 11 is 3.26. The van der Waals surface area contributed by atoms with Gasteiger partial charge in [0.1, 0.15) is 11.5 Å². The molecule has 1 amide bonds. The van der Waals surface area contributed by atoms with Gasteiger partial charge in [0.15, 0.2) is 0 Å². The maximum atomic E-state index is 12.7. The standard InChI is InChI=1S/C20H14BrF3N4O4/c21-17-9-14(28(30)31)4-6-16(17)18-7-5-15(32-18)10-26-27-19(29)11-25-13-3-1-2-12(8-13)20(22,23)24/h1-10,25H,11H2,(H,27,29)/b26-10-. The Hall–Kier alpha value is -3.67. The highest BCUT2D eigenvalue weighted by atomic mass is 79.9. The molecule has 0 aliphatic carbocycles. The van der Waals surface area contributed by atoms with Gasteiger partial charge in [-0.2, -0.15) is 18.3 Å². The molecule has 0 unspecified atom stereocenters. The third-order valence-electron chi connectivity index (χ3n) is 4.08. The second-order valence-corrected chi connectivity index (χ2v) is 7.20. The lowest BCUT2D eigenvalue weighted by Crippen LogP contribution is -2.26. The fourth-order valence-electron chi connectivity index (χ4n) is 2.58. The fraction of sp³-hybridized carbons (Fsp3) is 0.100. The van der Waals surface area contributed by atoms with Crippen molar-refractivity contribution in [2.24, 2.45) is 5.10 Å². The molecule has 3 rings (SSSR count). The number of carbonyl (C=O) groups excluding carboxylic acids is 1. The monoisotopic (exact) mass is 510 g/mol. The second-order valence-electron chi connectivity index (χ2n) is 6.35. The molecular formula is C20H14BrF3N4O4. The Morgan fingerprint density at radius 3 is 2.66 bits per heavy atom. The predicted molar refractivity (Wildman–Crippen MR) is 114 cm³/mol. The Morgan fingerprint density at radius 2 is 1.97 bits per heavy atom. The van der Waals surface area contributed by atoms with Crippen LogP contribution in [0.25, 0.3) is 11.3 Å². The smallest absolute Gasteiger partial charge is 0.416 e. The lowest BCUT2D eigenvalue weighted by atomic mass is 10.1. The van der Waals surface area contributed by atoms with Gasteiger partial charge in [-0.25, -0.2) is 5.43 Å². The molecule has 166 valence electrons. The summed E-state index contributed by atoms with van der Waals surface area (Å²) in [6.45, 7) is -0.294. The number of hydrazone groups is 1. The number of carbonyl (C=O) groups is 1. The molecule has 2 aromatic carbocycles. The van der Waals surface area contributed by atoms with Crippen molar-refractivity contribution in [2.45, 2.75) is 6.18 Å². The van der Waals surface area contributed by atoms with Gasteiger partial charge in [-0.15, -0.1) is 0 Å². The number of hydrogen-bond donors (Lipinski definition) is 2. The van der Waals surface area contributed by atoms with Gasteiger partial charge in [-0.3, -0.25) is 14.9 Å². The molecule has 0 aliphatic rings. The predicted octanol–water partition coefficient (Wildman–Crippen LogP) is 5.20. The van der Waals surface area contributed by atoms with E-state index in [1.807, 2.05) is 0 Å². The van der Waals surface area contributed by atoms with Crippen LogP contribution in [-0.4, -0.2) is 23.6 Å². The Morgan fingerprint density at radius 1 is 1.19 bits per heavy atom. The molecule has 1 heterocycles. The molecule has 0 atom stereocenters. The zero-order chi connectivity index (χ0) is 23.3. The minimum absolute atomic E-state index is 0.0737. The SMILES string of the molecule is O=C(CNc1cccc(C(F)(F)F)c1)N/N=C\c1ccc(-c2ccc([N+](=O)[O-])cc2Br)o1. The van der Waals surface area contributed by atoms with Gasteiger partial charge in [0.2, 0.25) is 0 Å². The largest absolute Gasteiger partial charge is 0.455 e. The maximum Gasteiger partial charge on any atom is 0.416 e. The number of benzene rings is 2. The summed E-state index contributed by atoms with van der Waals surface area (Å²) in [4.78, 5) is 22.2. The van der Waals surface area contributed by atoms with Crippen LogP contribution in [0.4, 0.5) is 24.5 Å². The quantitative estimate of drug-likeness (QED) is 0.258. The number of hydrogen-bond acceptors (Lipinski definition) is 6. The van der Waals surface area contributed by atoms with E-state index in [9.17, 15) is 28.1 Å². The average Bonchev–Trinajstić information content (AvgIpc) is 3.20. The van der Waals surface area contributed by atoms with E-state index in [1.165, 1.54) is 36.5 Å². The molecule has 0 radical (unpaired) electrons. The van der Waals surface area contributed by atoms with E-state index in [2.05, 4.69) is 31.8 Å². The number of nitro groups is 1. The second kappa shape index (κ2) is 9.64. The van der Waals surface area contributed by atoms with Gasteiger partial charge >= 0.3 is 6.18 Å². The van der Waals surface area contributed by atoms with Gasteiger partial charge in [0, 0.05) is 27.9 Å². The summed E-state index contributed by atoms with van der Waals surface area (Å²) in [5.74, 6) is 0.144. The van der Waals surface area contributed by atoms with Crippen molar-refractivity contribution >= 4 is 39.4 Å². The lowest BCUT2D eigenvalue weighted by Gasteiger charge is -2.09. The zero-order valence-electron chi connectivity index (χ0n) is 16.0.